The summed E-state index contributed by atoms with van der Waals surface area (Å²) in [5.41, 5.74) is 0. The number of amides is 1. The van der Waals surface area contributed by atoms with Gasteiger partial charge in [0.05, 0.1) is 12.7 Å². The Bertz CT molecular complexity index is 418. The van der Waals surface area contributed by atoms with E-state index in [1.54, 1.807) is 17.1 Å². The highest BCUT2D eigenvalue weighted by Gasteiger charge is 2.43. The van der Waals surface area contributed by atoms with Crippen LogP contribution in [0.15, 0.2) is 12.4 Å². The Morgan fingerprint density at radius 1 is 1.50 bits per heavy atom. The van der Waals surface area contributed by atoms with E-state index in [0.29, 0.717) is 30.8 Å². The highest BCUT2D eigenvalue weighted by atomic mass is 16.2. The van der Waals surface area contributed by atoms with Crippen LogP contribution < -0.4 is 5.32 Å². The minimum absolute atomic E-state index is 0.243. The van der Waals surface area contributed by atoms with E-state index in [0.717, 1.165) is 19.6 Å². The molecule has 98 valence electrons. The van der Waals surface area contributed by atoms with Crippen molar-refractivity contribution < 1.29 is 4.79 Å². The number of likely N-dealkylation sites (tertiary alicyclic amines) is 1. The highest BCUT2D eigenvalue weighted by molar-refractivity contribution is 5.76. The van der Waals surface area contributed by atoms with Gasteiger partial charge in [-0.15, -0.1) is 5.10 Å². The van der Waals surface area contributed by atoms with E-state index >= 15 is 0 Å². The van der Waals surface area contributed by atoms with Crippen molar-refractivity contribution in [3.63, 3.8) is 0 Å². The average Bonchev–Trinajstić information content (AvgIpc) is 3.05. The molecule has 0 bridgehead atoms. The molecule has 6 heteroatoms. The van der Waals surface area contributed by atoms with Gasteiger partial charge in [-0.2, -0.15) is 0 Å². The quantitative estimate of drug-likeness (QED) is 0.801. The van der Waals surface area contributed by atoms with Gasteiger partial charge in [0.15, 0.2) is 0 Å². The normalized spacial score (nSPS) is 30.7. The fourth-order valence-corrected chi connectivity index (χ4v) is 3.20. The molecule has 1 N–H and O–H groups in total. The third kappa shape index (κ3) is 2.01. The van der Waals surface area contributed by atoms with Crippen molar-refractivity contribution in [3.05, 3.63) is 12.4 Å². The molecular weight excluding hydrogens is 230 g/mol. The van der Waals surface area contributed by atoms with Crippen LogP contribution in [0.4, 0.5) is 0 Å². The van der Waals surface area contributed by atoms with Gasteiger partial charge in [0, 0.05) is 38.3 Å². The first kappa shape index (κ1) is 11.6. The zero-order valence-electron chi connectivity index (χ0n) is 10.6. The SMILES string of the molecule is CC1C2CNCC2CN1C(=O)CCn1ccnn1. The third-order valence-electron chi connectivity index (χ3n) is 4.28. The van der Waals surface area contributed by atoms with Crippen LogP contribution in [0.2, 0.25) is 0 Å². The van der Waals surface area contributed by atoms with Gasteiger partial charge in [-0.25, -0.2) is 0 Å². The molecular formula is C12H19N5O. The molecule has 1 amide bonds. The lowest BCUT2D eigenvalue weighted by Gasteiger charge is -2.24. The van der Waals surface area contributed by atoms with Crippen LogP contribution >= 0.6 is 0 Å². The Morgan fingerprint density at radius 2 is 2.39 bits per heavy atom. The lowest BCUT2D eigenvalue weighted by molar-refractivity contribution is -0.132. The molecule has 6 nitrogen and oxygen atoms in total. The largest absolute Gasteiger partial charge is 0.339 e. The van der Waals surface area contributed by atoms with Crippen molar-refractivity contribution >= 4 is 5.91 Å². The van der Waals surface area contributed by atoms with Crippen molar-refractivity contribution in [2.24, 2.45) is 11.8 Å². The van der Waals surface area contributed by atoms with E-state index in [9.17, 15) is 4.79 Å². The smallest absolute Gasteiger partial charge is 0.224 e. The molecule has 1 aromatic rings. The molecule has 3 unspecified atom stereocenters. The molecule has 18 heavy (non-hydrogen) atoms. The first-order valence-electron chi connectivity index (χ1n) is 6.60. The number of carbonyl (C=O) groups is 1. The number of carbonyl (C=O) groups excluding carboxylic acids is 1. The summed E-state index contributed by atoms with van der Waals surface area (Å²) in [7, 11) is 0. The summed E-state index contributed by atoms with van der Waals surface area (Å²) >= 11 is 0. The van der Waals surface area contributed by atoms with Crippen LogP contribution in [-0.2, 0) is 11.3 Å². The maximum Gasteiger partial charge on any atom is 0.224 e. The molecule has 2 aliphatic heterocycles. The number of aryl methyl sites for hydroxylation is 1. The number of rotatable bonds is 3. The van der Waals surface area contributed by atoms with Crippen molar-refractivity contribution in [2.45, 2.75) is 25.9 Å². The monoisotopic (exact) mass is 249 g/mol. The molecule has 3 rings (SSSR count). The van der Waals surface area contributed by atoms with E-state index < -0.39 is 0 Å². The second-order valence-corrected chi connectivity index (χ2v) is 5.29. The van der Waals surface area contributed by atoms with E-state index in [1.807, 2.05) is 4.90 Å². The molecule has 0 aliphatic carbocycles. The standard InChI is InChI=1S/C12H19N5O/c1-9-11-7-13-6-10(11)8-17(9)12(18)2-4-16-5-3-14-15-16/h3,5,9-11,13H,2,4,6-8H2,1H3. The molecule has 0 saturated carbocycles. The van der Waals surface area contributed by atoms with Gasteiger partial charge in [-0.3, -0.25) is 9.48 Å². The lowest BCUT2D eigenvalue weighted by atomic mass is 9.95. The number of fused-ring (bicyclic) bond motifs is 1. The second kappa shape index (κ2) is 4.68. The average molecular weight is 249 g/mol. The molecule has 3 atom stereocenters. The Kier molecular flexibility index (Phi) is 3.03. The van der Waals surface area contributed by atoms with Crippen LogP contribution in [0, 0.1) is 11.8 Å². The Labute approximate surface area is 106 Å². The van der Waals surface area contributed by atoms with E-state index in [2.05, 4.69) is 22.6 Å². The van der Waals surface area contributed by atoms with Gasteiger partial charge in [-0.05, 0) is 18.8 Å². The molecule has 1 aromatic heterocycles. The fourth-order valence-electron chi connectivity index (χ4n) is 3.20. The Hall–Kier alpha value is -1.43. The first-order chi connectivity index (χ1) is 8.75. The van der Waals surface area contributed by atoms with Gasteiger partial charge in [-0.1, -0.05) is 5.21 Å². The number of nitrogens with one attached hydrogen (secondary N) is 1. The maximum atomic E-state index is 12.2. The number of nitrogens with zero attached hydrogens (tertiary/aromatic N) is 4. The van der Waals surface area contributed by atoms with Crippen LogP contribution in [0.1, 0.15) is 13.3 Å². The predicted molar refractivity (Wildman–Crippen MR) is 65.7 cm³/mol. The molecule has 0 radical (unpaired) electrons. The molecule has 2 fully saturated rings. The third-order valence-corrected chi connectivity index (χ3v) is 4.28. The fraction of sp³-hybridized carbons (Fsp3) is 0.750. The zero-order valence-corrected chi connectivity index (χ0v) is 10.6. The topological polar surface area (TPSA) is 63.1 Å². The maximum absolute atomic E-state index is 12.2. The van der Waals surface area contributed by atoms with Crippen LogP contribution in [0.5, 0.6) is 0 Å². The Morgan fingerprint density at radius 3 is 3.11 bits per heavy atom. The molecule has 2 aliphatic rings. The summed E-state index contributed by atoms with van der Waals surface area (Å²) in [6.45, 7) is 5.82. The molecule has 3 heterocycles. The van der Waals surface area contributed by atoms with Crippen molar-refractivity contribution in [2.75, 3.05) is 19.6 Å². The molecule has 0 aromatic carbocycles. The van der Waals surface area contributed by atoms with Crippen LogP contribution in [0.3, 0.4) is 0 Å². The Balaban J connectivity index is 1.56. The van der Waals surface area contributed by atoms with Gasteiger partial charge < -0.3 is 10.2 Å². The van der Waals surface area contributed by atoms with Gasteiger partial charge >= 0.3 is 0 Å². The highest BCUT2D eigenvalue weighted by Crippen LogP contribution is 2.32. The minimum atomic E-state index is 0.243. The van der Waals surface area contributed by atoms with Crippen molar-refractivity contribution in [1.29, 1.82) is 0 Å². The predicted octanol–water partition coefficient (Wildman–Crippen LogP) is -0.265. The number of aromatic nitrogens is 3. The van der Waals surface area contributed by atoms with Gasteiger partial charge in [0.25, 0.3) is 0 Å². The summed E-state index contributed by atoms with van der Waals surface area (Å²) in [6, 6.07) is 0.369. The summed E-state index contributed by atoms with van der Waals surface area (Å²) in [5.74, 6) is 1.53. The van der Waals surface area contributed by atoms with Crippen LogP contribution in [0.25, 0.3) is 0 Å². The number of hydrogen-bond donors (Lipinski definition) is 1. The van der Waals surface area contributed by atoms with Gasteiger partial charge in [0.2, 0.25) is 5.91 Å². The van der Waals surface area contributed by atoms with E-state index in [-0.39, 0.29) is 5.91 Å². The van der Waals surface area contributed by atoms with E-state index in [1.165, 1.54) is 0 Å². The summed E-state index contributed by atoms with van der Waals surface area (Å²) < 4.78 is 1.71. The second-order valence-electron chi connectivity index (χ2n) is 5.29. The minimum Gasteiger partial charge on any atom is -0.339 e. The van der Waals surface area contributed by atoms with Crippen molar-refractivity contribution in [3.8, 4) is 0 Å². The summed E-state index contributed by atoms with van der Waals surface area (Å²) in [5, 5.41) is 11.0. The summed E-state index contributed by atoms with van der Waals surface area (Å²) in [6.07, 6.45) is 3.94. The first-order valence-corrected chi connectivity index (χ1v) is 6.60. The van der Waals surface area contributed by atoms with Gasteiger partial charge in [0.1, 0.15) is 0 Å². The lowest BCUT2D eigenvalue weighted by Crippen LogP contribution is -2.38. The van der Waals surface area contributed by atoms with E-state index in [4.69, 9.17) is 0 Å². The van der Waals surface area contributed by atoms with Crippen molar-refractivity contribution in [1.82, 2.24) is 25.2 Å². The number of hydrogen-bond acceptors (Lipinski definition) is 4. The van der Waals surface area contributed by atoms with Crippen LogP contribution in [-0.4, -0.2) is 51.5 Å². The molecule has 2 saturated heterocycles. The zero-order chi connectivity index (χ0) is 12.5. The summed E-state index contributed by atoms with van der Waals surface area (Å²) in [4.78, 5) is 14.3. The molecule has 0 spiro atoms.